The average Bonchev–Trinajstić information content (AvgIpc) is 2.53. The molecule has 0 radical (unpaired) electrons. The van der Waals surface area contributed by atoms with Gasteiger partial charge in [-0.05, 0) is 31.1 Å². The first-order chi connectivity index (χ1) is 7.27. The average molecular weight is 211 g/mol. The molecule has 86 valence electrons. The minimum absolute atomic E-state index is 0.262. The Balaban J connectivity index is 1.88. The molecule has 1 N–H and O–H groups in total. The van der Waals surface area contributed by atoms with Crippen LogP contribution in [0.1, 0.15) is 26.2 Å². The molecule has 0 saturated carbocycles. The van der Waals surface area contributed by atoms with Gasteiger partial charge in [0.2, 0.25) is 0 Å². The van der Waals surface area contributed by atoms with Crippen molar-refractivity contribution in [3.05, 3.63) is 0 Å². The van der Waals surface area contributed by atoms with E-state index in [9.17, 15) is 0 Å². The van der Waals surface area contributed by atoms with E-state index in [1.54, 1.807) is 0 Å². The largest absolute Gasteiger partial charge is 0.381 e. The van der Waals surface area contributed by atoms with Crippen molar-refractivity contribution >= 4 is 6.34 Å². The highest BCUT2D eigenvalue weighted by Gasteiger charge is 2.28. The Hall–Kier alpha value is -0.610. The molecule has 4 heteroatoms. The molecule has 0 aromatic carbocycles. The van der Waals surface area contributed by atoms with Crippen molar-refractivity contribution in [1.82, 2.24) is 10.4 Å². The number of hydrogen-bond acceptors (Lipinski definition) is 4. The molecule has 0 aliphatic carbocycles. The lowest BCUT2D eigenvalue weighted by atomic mass is 9.86. The first kappa shape index (κ1) is 10.9. The van der Waals surface area contributed by atoms with Gasteiger partial charge in [-0.2, -0.15) is 0 Å². The van der Waals surface area contributed by atoms with Crippen LogP contribution < -0.4 is 5.43 Å². The van der Waals surface area contributed by atoms with E-state index in [1.165, 1.54) is 19.3 Å². The van der Waals surface area contributed by atoms with E-state index in [-0.39, 0.29) is 6.17 Å². The molecule has 2 aliphatic heterocycles. The SMILES string of the molecule is CC(C1CCCOCC1)C1N=CN(C)N1. The van der Waals surface area contributed by atoms with Gasteiger partial charge in [-0.1, -0.05) is 6.92 Å². The van der Waals surface area contributed by atoms with Gasteiger partial charge in [-0.3, -0.25) is 10.0 Å². The van der Waals surface area contributed by atoms with Crippen molar-refractivity contribution in [2.75, 3.05) is 20.3 Å². The Labute approximate surface area is 91.7 Å². The van der Waals surface area contributed by atoms with E-state index in [1.807, 2.05) is 18.4 Å². The van der Waals surface area contributed by atoms with Crippen LogP contribution in [0.2, 0.25) is 0 Å². The van der Waals surface area contributed by atoms with Crippen LogP contribution in [0, 0.1) is 11.8 Å². The second-order valence-electron chi connectivity index (χ2n) is 4.61. The van der Waals surface area contributed by atoms with Crippen molar-refractivity contribution < 1.29 is 4.74 Å². The van der Waals surface area contributed by atoms with Gasteiger partial charge in [0, 0.05) is 20.3 Å². The topological polar surface area (TPSA) is 36.9 Å². The van der Waals surface area contributed by atoms with Crippen molar-refractivity contribution in [1.29, 1.82) is 0 Å². The van der Waals surface area contributed by atoms with Crippen LogP contribution in [0.15, 0.2) is 4.99 Å². The zero-order valence-corrected chi connectivity index (χ0v) is 9.65. The first-order valence-electron chi connectivity index (χ1n) is 5.87. The zero-order valence-electron chi connectivity index (χ0n) is 9.65. The lowest BCUT2D eigenvalue weighted by molar-refractivity contribution is 0.135. The van der Waals surface area contributed by atoms with Crippen LogP contribution in [0.5, 0.6) is 0 Å². The van der Waals surface area contributed by atoms with Crippen molar-refractivity contribution in [2.24, 2.45) is 16.8 Å². The number of hydrogen-bond donors (Lipinski definition) is 1. The maximum Gasteiger partial charge on any atom is 0.121 e. The standard InChI is InChI=1S/C11H21N3O/c1-9(11-12-8-14(2)13-11)10-4-3-6-15-7-5-10/h8-11,13H,3-7H2,1-2H3. The molecule has 2 aliphatic rings. The lowest BCUT2D eigenvalue weighted by Crippen LogP contribution is -2.39. The maximum atomic E-state index is 5.49. The van der Waals surface area contributed by atoms with Crippen LogP contribution in [-0.2, 0) is 4.74 Å². The number of aliphatic imine (C=N–C) groups is 1. The van der Waals surface area contributed by atoms with Gasteiger partial charge in [0.1, 0.15) is 12.5 Å². The summed E-state index contributed by atoms with van der Waals surface area (Å²) < 4.78 is 5.49. The number of rotatable bonds is 2. The van der Waals surface area contributed by atoms with Crippen LogP contribution >= 0.6 is 0 Å². The third-order valence-electron chi connectivity index (χ3n) is 3.47. The summed E-state index contributed by atoms with van der Waals surface area (Å²) in [6.07, 6.45) is 5.78. The van der Waals surface area contributed by atoms with Crippen molar-refractivity contribution in [3.63, 3.8) is 0 Å². The maximum absolute atomic E-state index is 5.49. The molecule has 1 fully saturated rings. The molecule has 0 amide bonds. The van der Waals surface area contributed by atoms with Gasteiger partial charge in [0.15, 0.2) is 0 Å². The zero-order chi connectivity index (χ0) is 10.7. The van der Waals surface area contributed by atoms with Gasteiger partial charge < -0.3 is 4.74 Å². The summed E-state index contributed by atoms with van der Waals surface area (Å²) in [5, 5.41) is 1.94. The van der Waals surface area contributed by atoms with Crippen LogP contribution in [0.4, 0.5) is 0 Å². The number of hydrazine groups is 1. The third-order valence-corrected chi connectivity index (χ3v) is 3.47. The summed E-state index contributed by atoms with van der Waals surface area (Å²) in [7, 11) is 1.99. The normalized spacial score (nSPS) is 34.1. The van der Waals surface area contributed by atoms with Gasteiger partial charge in [0.25, 0.3) is 0 Å². The summed E-state index contributed by atoms with van der Waals surface area (Å²) in [4.78, 5) is 4.47. The molecule has 2 heterocycles. The number of nitrogens with one attached hydrogen (secondary N) is 1. The van der Waals surface area contributed by atoms with Crippen LogP contribution in [0.3, 0.4) is 0 Å². The summed E-state index contributed by atoms with van der Waals surface area (Å²) in [6.45, 7) is 4.15. The molecule has 3 unspecified atom stereocenters. The quantitative estimate of drug-likeness (QED) is 0.746. The summed E-state index contributed by atoms with van der Waals surface area (Å²) in [5.41, 5.74) is 3.34. The predicted molar refractivity (Wildman–Crippen MR) is 60.5 cm³/mol. The highest BCUT2D eigenvalue weighted by Crippen LogP contribution is 2.27. The first-order valence-corrected chi connectivity index (χ1v) is 5.87. The smallest absolute Gasteiger partial charge is 0.121 e. The molecule has 0 aromatic rings. The number of ether oxygens (including phenoxy) is 1. The van der Waals surface area contributed by atoms with E-state index in [4.69, 9.17) is 4.74 Å². The fourth-order valence-electron chi connectivity index (χ4n) is 2.41. The van der Waals surface area contributed by atoms with E-state index >= 15 is 0 Å². The Morgan fingerprint density at radius 1 is 1.47 bits per heavy atom. The fourth-order valence-corrected chi connectivity index (χ4v) is 2.41. The minimum Gasteiger partial charge on any atom is -0.381 e. The molecular formula is C11H21N3O. The molecule has 3 atom stereocenters. The molecule has 15 heavy (non-hydrogen) atoms. The molecule has 1 saturated heterocycles. The van der Waals surface area contributed by atoms with Crippen LogP contribution in [-0.4, -0.2) is 37.8 Å². The summed E-state index contributed by atoms with van der Waals surface area (Å²) in [6, 6.07) is 0. The van der Waals surface area contributed by atoms with Crippen molar-refractivity contribution in [3.8, 4) is 0 Å². The molecular weight excluding hydrogens is 190 g/mol. The molecule has 4 nitrogen and oxygen atoms in total. The van der Waals surface area contributed by atoms with Gasteiger partial charge in [-0.15, -0.1) is 0 Å². The Morgan fingerprint density at radius 3 is 3.07 bits per heavy atom. The molecule has 0 spiro atoms. The van der Waals surface area contributed by atoms with E-state index in [2.05, 4.69) is 17.3 Å². The fraction of sp³-hybridized carbons (Fsp3) is 0.909. The Bertz CT molecular complexity index is 224. The van der Waals surface area contributed by atoms with Gasteiger partial charge >= 0.3 is 0 Å². The minimum atomic E-state index is 0.262. The second-order valence-corrected chi connectivity index (χ2v) is 4.61. The lowest BCUT2D eigenvalue weighted by Gasteiger charge is -2.26. The molecule has 0 bridgehead atoms. The summed E-state index contributed by atoms with van der Waals surface area (Å²) in [5.74, 6) is 1.33. The molecule has 0 aromatic heterocycles. The third kappa shape index (κ3) is 2.69. The predicted octanol–water partition coefficient (Wildman–Crippen LogP) is 1.24. The summed E-state index contributed by atoms with van der Waals surface area (Å²) >= 11 is 0. The van der Waals surface area contributed by atoms with Crippen molar-refractivity contribution in [2.45, 2.75) is 32.4 Å². The highest BCUT2D eigenvalue weighted by molar-refractivity contribution is 5.55. The van der Waals surface area contributed by atoms with E-state index in [0.717, 1.165) is 19.1 Å². The highest BCUT2D eigenvalue weighted by atomic mass is 16.5. The van der Waals surface area contributed by atoms with Gasteiger partial charge in [-0.25, -0.2) is 5.43 Å². The monoisotopic (exact) mass is 211 g/mol. The second kappa shape index (κ2) is 4.94. The Morgan fingerprint density at radius 2 is 2.33 bits per heavy atom. The van der Waals surface area contributed by atoms with E-state index < -0.39 is 0 Å². The van der Waals surface area contributed by atoms with Crippen LogP contribution in [0.25, 0.3) is 0 Å². The Kier molecular flexibility index (Phi) is 3.59. The molecule has 2 rings (SSSR count). The van der Waals surface area contributed by atoms with Gasteiger partial charge in [0.05, 0.1) is 0 Å². The van der Waals surface area contributed by atoms with E-state index in [0.29, 0.717) is 5.92 Å². The number of nitrogens with zero attached hydrogens (tertiary/aromatic N) is 2.